The molecule has 3 heterocycles. The lowest BCUT2D eigenvalue weighted by atomic mass is 9.99. The molecule has 0 aliphatic carbocycles. The summed E-state index contributed by atoms with van der Waals surface area (Å²) >= 11 is 1.68. The Kier molecular flexibility index (Phi) is 4.21. The Balaban J connectivity index is 1.44. The molecule has 0 saturated carbocycles. The highest BCUT2D eigenvalue weighted by atomic mass is 32.1. The summed E-state index contributed by atoms with van der Waals surface area (Å²) in [6.07, 6.45) is 0. The van der Waals surface area contributed by atoms with Crippen LogP contribution in [0.15, 0.2) is 127 Å². The lowest BCUT2D eigenvalue weighted by Crippen LogP contribution is -1.94. The molecule has 0 amide bonds. The van der Waals surface area contributed by atoms with Crippen LogP contribution in [0.2, 0.25) is 0 Å². The smallest absolute Gasteiger partial charge is 0.0832 e. The number of fused-ring (bicyclic) bond motifs is 10. The summed E-state index contributed by atoms with van der Waals surface area (Å²) in [6, 6.07) is 44.0. The molecule has 4 heteroatoms. The molecule has 0 aliphatic heterocycles. The van der Waals surface area contributed by atoms with E-state index in [4.69, 9.17) is 0 Å². The molecular formula is C35H21N3S. The maximum absolute atomic E-state index is 4.59. The molecule has 0 spiro atoms. The third kappa shape index (κ3) is 2.84. The number of para-hydroxylation sites is 3. The van der Waals surface area contributed by atoms with E-state index in [2.05, 4.69) is 135 Å². The first-order valence-corrected chi connectivity index (χ1v) is 14.0. The first kappa shape index (κ1) is 21.1. The predicted octanol–water partition coefficient (Wildman–Crippen LogP) is 9.64. The zero-order chi connectivity index (χ0) is 25.5. The van der Waals surface area contributed by atoms with Crippen molar-refractivity contribution in [1.29, 1.82) is 0 Å². The summed E-state index contributed by atoms with van der Waals surface area (Å²) in [7, 11) is 0. The number of hydrogen-bond donors (Lipinski definition) is 0. The molecule has 0 saturated heterocycles. The minimum atomic E-state index is 1.04. The van der Waals surface area contributed by atoms with Gasteiger partial charge < -0.3 is 9.13 Å². The molecular weight excluding hydrogens is 494 g/mol. The Bertz CT molecular complexity index is 2390. The maximum atomic E-state index is 4.59. The molecule has 6 aromatic carbocycles. The van der Waals surface area contributed by atoms with E-state index in [1.165, 1.54) is 64.8 Å². The number of benzene rings is 6. The predicted molar refractivity (Wildman–Crippen MR) is 166 cm³/mol. The number of hydrogen-bond acceptors (Lipinski definition) is 2. The molecule has 0 aliphatic rings. The van der Waals surface area contributed by atoms with Crippen molar-refractivity contribution in [1.82, 2.24) is 14.1 Å². The lowest BCUT2D eigenvalue weighted by molar-refractivity contribution is 1.18. The van der Waals surface area contributed by atoms with Gasteiger partial charge in [-0.3, -0.25) is 0 Å². The molecule has 0 N–H and O–H groups in total. The molecule has 9 rings (SSSR count). The molecule has 0 bridgehead atoms. The van der Waals surface area contributed by atoms with Gasteiger partial charge in [0.1, 0.15) is 0 Å². The zero-order valence-electron chi connectivity index (χ0n) is 20.9. The van der Waals surface area contributed by atoms with Gasteiger partial charge in [-0.2, -0.15) is 0 Å². The Morgan fingerprint density at radius 2 is 1.05 bits per heavy atom. The molecule has 0 radical (unpaired) electrons. The Morgan fingerprint density at radius 1 is 0.462 bits per heavy atom. The minimum Gasteiger partial charge on any atom is -0.309 e. The second-order valence-electron chi connectivity index (χ2n) is 10.1. The topological polar surface area (TPSA) is 22.8 Å². The van der Waals surface area contributed by atoms with E-state index in [0.717, 1.165) is 11.2 Å². The maximum Gasteiger partial charge on any atom is 0.0832 e. The van der Waals surface area contributed by atoms with Gasteiger partial charge in [0.2, 0.25) is 0 Å². The molecule has 9 aromatic rings. The van der Waals surface area contributed by atoms with Gasteiger partial charge in [-0.05, 0) is 65.4 Å². The summed E-state index contributed by atoms with van der Waals surface area (Å²) in [5.41, 5.74) is 10.2. The third-order valence-electron chi connectivity index (χ3n) is 8.05. The van der Waals surface area contributed by atoms with E-state index in [0.29, 0.717) is 0 Å². The average Bonchev–Trinajstić information content (AvgIpc) is 3.69. The zero-order valence-corrected chi connectivity index (χ0v) is 21.7. The molecule has 0 unspecified atom stereocenters. The van der Waals surface area contributed by atoms with Gasteiger partial charge in [0.15, 0.2) is 0 Å². The number of thiazole rings is 1. The van der Waals surface area contributed by atoms with Crippen LogP contribution in [0.5, 0.6) is 0 Å². The Morgan fingerprint density at radius 3 is 1.72 bits per heavy atom. The summed E-state index contributed by atoms with van der Waals surface area (Å²) < 4.78 is 5.99. The molecule has 0 atom stereocenters. The second-order valence-corrected chi connectivity index (χ2v) is 10.9. The van der Waals surface area contributed by atoms with Crippen molar-refractivity contribution in [2.45, 2.75) is 0 Å². The third-order valence-corrected chi connectivity index (χ3v) is 8.86. The van der Waals surface area contributed by atoms with Crippen LogP contribution >= 0.6 is 11.3 Å². The summed E-state index contributed by atoms with van der Waals surface area (Å²) in [4.78, 5) is 4.59. The van der Waals surface area contributed by atoms with Gasteiger partial charge in [0.05, 0.1) is 37.8 Å². The fourth-order valence-electron chi connectivity index (χ4n) is 6.46. The number of nitrogens with zero attached hydrogens (tertiary/aromatic N) is 3. The van der Waals surface area contributed by atoms with Crippen molar-refractivity contribution in [3.8, 4) is 11.4 Å². The summed E-state index contributed by atoms with van der Waals surface area (Å²) in [5.74, 6) is 0. The SMILES string of the molecule is c1ccc(-n2c3ccccc3c3c4ccc5c(c4ccc32)c2ccccc2n5-c2ccc3scnc3c2)cc1. The van der Waals surface area contributed by atoms with Crippen LogP contribution in [-0.2, 0) is 0 Å². The van der Waals surface area contributed by atoms with Crippen LogP contribution in [0.25, 0.3) is 76.0 Å². The first-order chi connectivity index (χ1) is 19.4. The van der Waals surface area contributed by atoms with Crippen LogP contribution in [0.3, 0.4) is 0 Å². The number of aromatic nitrogens is 3. The van der Waals surface area contributed by atoms with Gasteiger partial charge >= 0.3 is 0 Å². The fourth-order valence-corrected chi connectivity index (χ4v) is 7.12. The number of rotatable bonds is 2. The van der Waals surface area contributed by atoms with Crippen molar-refractivity contribution in [2.24, 2.45) is 0 Å². The van der Waals surface area contributed by atoms with Crippen molar-refractivity contribution in [3.05, 3.63) is 127 Å². The highest BCUT2D eigenvalue weighted by Gasteiger charge is 2.19. The average molecular weight is 516 g/mol. The highest BCUT2D eigenvalue weighted by Crippen LogP contribution is 2.42. The van der Waals surface area contributed by atoms with Crippen LogP contribution in [0, 0.1) is 0 Å². The molecule has 39 heavy (non-hydrogen) atoms. The van der Waals surface area contributed by atoms with Crippen molar-refractivity contribution >= 4 is 75.9 Å². The second kappa shape index (κ2) is 7.79. The van der Waals surface area contributed by atoms with Crippen molar-refractivity contribution in [2.75, 3.05) is 0 Å². The normalized spacial score (nSPS) is 12.1. The highest BCUT2D eigenvalue weighted by molar-refractivity contribution is 7.16. The van der Waals surface area contributed by atoms with Gasteiger partial charge in [-0.15, -0.1) is 11.3 Å². The monoisotopic (exact) mass is 515 g/mol. The van der Waals surface area contributed by atoms with Gasteiger partial charge in [-0.1, -0.05) is 66.7 Å². The molecule has 182 valence electrons. The van der Waals surface area contributed by atoms with E-state index in [9.17, 15) is 0 Å². The van der Waals surface area contributed by atoms with E-state index in [1.54, 1.807) is 11.3 Å². The van der Waals surface area contributed by atoms with Gasteiger partial charge in [-0.25, -0.2) is 4.98 Å². The van der Waals surface area contributed by atoms with Crippen molar-refractivity contribution in [3.63, 3.8) is 0 Å². The summed E-state index contributed by atoms with van der Waals surface area (Å²) in [5, 5.41) is 7.69. The van der Waals surface area contributed by atoms with Crippen LogP contribution in [-0.4, -0.2) is 14.1 Å². The first-order valence-electron chi connectivity index (χ1n) is 13.1. The molecule has 3 nitrogen and oxygen atoms in total. The minimum absolute atomic E-state index is 1.04. The van der Waals surface area contributed by atoms with E-state index in [1.807, 2.05) is 5.51 Å². The van der Waals surface area contributed by atoms with Gasteiger partial charge in [0.25, 0.3) is 0 Å². The quantitative estimate of drug-likeness (QED) is 0.225. The van der Waals surface area contributed by atoms with Crippen LogP contribution < -0.4 is 0 Å². The molecule has 0 fully saturated rings. The van der Waals surface area contributed by atoms with Gasteiger partial charge in [0, 0.05) is 32.9 Å². The van der Waals surface area contributed by atoms with Crippen molar-refractivity contribution < 1.29 is 0 Å². The lowest BCUT2D eigenvalue weighted by Gasteiger charge is -2.10. The van der Waals surface area contributed by atoms with E-state index in [-0.39, 0.29) is 0 Å². The largest absolute Gasteiger partial charge is 0.309 e. The Labute approximate surface area is 227 Å². The molecule has 3 aromatic heterocycles. The van der Waals surface area contributed by atoms with Crippen LogP contribution in [0.1, 0.15) is 0 Å². The standard InChI is InChI=1S/C35H21N3S/c1-2-8-22(9-3-1)37-29-12-6-4-10-26(29)34-24-16-18-32-35(25(24)15-17-31(34)37)27-11-5-7-13-30(27)38(32)23-14-19-33-28(20-23)36-21-39-33/h1-21H. The fraction of sp³-hybridized carbons (Fsp3) is 0. The van der Waals surface area contributed by atoms with Crippen LogP contribution in [0.4, 0.5) is 0 Å². The summed E-state index contributed by atoms with van der Waals surface area (Å²) in [6.45, 7) is 0. The Hall–Kier alpha value is -4.93. The van der Waals surface area contributed by atoms with E-state index < -0.39 is 0 Å². The van der Waals surface area contributed by atoms with E-state index >= 15 is 0 Å².